The molecule has 1 saturated heterocycles. The van der Waals surface area contributed by atoms with E-state index >= 15 is 0 Å². The number of hydrogen-bond donors (Lipinski definition) is 5. The molecule has 0 spiro atoms. The molecule has 7 nitrogen and oxygen atoms in total. The average Bonchev–Trinajstić information content (AvgIpc) is 3.31. The first-order chi connectivity index (χ1) is 15.6. The van der Waals surface area contributed by atoms with Crippen LogP contribution in [0.4, 0.5) is 16.2 Å². The van der Waals surface area contributed by atoms with E-state index in [1.165, 1.54) is 16.1 Å². The summed E-state index contributed by atoms with van der Waals surface area (Å²) < 4.78 is 0. The third-order valence-corrected chi connectivity index (χ3v) is 6.03. The lowest BCUT2D eigenvalue weighted by atomic mass is 10.1. The van der Waals surface area contributed by atoms with Crippen molar-refractivity contribution in [1.29, 1.82) is 0 Å². The highest BCUT2D eigenvalue weighted by Crippen LogP contribution is 2.31. The van der Waals surface area contributed by atoms with Gasteiger partial charge in [0.05, 0.1) is 17.8 Å². The number of aliphatic hydroxyl groups excluding tert-OH is 1. The van der Waals surface area contributed by atoms with Gasteiger partial charge in [0, 0.05) is 23.7 Å². The fraction of sp³-hybridized carbons (Fsp3) is 0.208. The number of aliphatic hydroxyl groups is 1. The lowest BCUT2D eigenvalue weighted by molar-refractivity contribution is 0.140. The van der Waals surface area contributed by atoms with Gasteiger partial charge in [-0.1, -0.05) is 54.1 Å². The zero-order valence-electron chi connectivity index (χ0n) is 17.3. The number of urea groups is 1. The standard InChI is InChI=1S/C24H24ClN5O2/c25-17-5-3-6-19(13-17)30-24(32)28-23(29-30)27-18-10-8-15(9-11-18)14-26-22-20-7-2-1-4-16(20)12-21(22)31/h1-11,13,21-23,26-27,29,31H,12,14H2,(H,28,32). The highest BCUT2D eigenvalue weighted by atomic mass is 35.5. The van der Waals surface area contributed by atoms with E-state index in [2.05, 4.69) is 33.5 Å². The summed E-state index contributed by atoms with van der Waals surface area (Å²) in [5.74, 6) is 0. The molecule has 32 heavy (non-hydrogen) atoms. The van der Waals surface area contributed by atoms with Crippen LogP contribution in [0.15, 0.2) is 72.8 Å². The first-order valence-corrected chi connectivity index (χ1v) is 10.9. The summed E-state index contributed by atoms with van der Waals surface area (Å²) >= 11 is 6.03. The van der Waals surface area contributed by atoms with E-state index in [1.54, 1.807) is 18.2 Å². The Labute approximate surface area is 191 Å². The molecule has 5 rings (SSSR count). The molecule has 1 aliphatic heterocycles. The first kappa shape index (κ1) is 20.8. The maximum Gasteiger partial charge on any atom is 0.339 e. The van der Waals surface area contributed by atoms with Crippen molar-refractivity contribution in [3.8, 4) is 0 Å². The number of benzene rings is 3. The SMILES string of the molecule is O=C1NC(Nc2ccc(CNC3c4ccccc4CC3O)cc2)NN1c1cccc(Cl)c1. The Morgan fingerprint density at radius 1 is 1.06 bits per heavy atom. The maximum atomic E-state index is 12.3. The Hall–Kier alpha value is -3.10. The average molecular weight is 450 g/mol. The molecule has 2 amide bonds. The van der Waals surface area contributed by atoms with Gasteiger partial charge in [0.15, 0.2) is 6.29 Å². The molecule has 3 aromatic carbocycles. The molecule has 0 saturated carbocycles. The van der Waals surface area contributed by atoms with Crippen molar-refractivity contribution in [1.82, 2.24) is 16.1 Å². The number of nitrogens with zero attached hydrogens (tertiary/aromatic N) is 1. The molecule has 3 unspecified atom stereocenters. The molecule has 1 heterocycles. The number of fused-ring (bicyclic) bond motifs is 1. The number of carbonyl (C=O) groups is 1. The van der Waals surface area contributed by atoms with Crippen LogP contribution in [0.25, 0.3) is 0 Å². The number of carbonyl (C=O) groups excluding carboxylic acids is 1. The van der Waals surface area contributed by atoms with Gasteiger partial charge in [-0.2, -0.15) is 5.43 Å². The van der Waals surface area contributed by atoms with Gasteiger partial charge in [0.25, 0.3) is 0 Å². The summed E-state index contributed by atoms with van der Waals surface area (Å²) in [6.07, 6.45) is -0.174. The summed E-state index contributed by atoms with van der Waals surface area (Å²) in [5.41, 5.74) is 8.10. The zero-order valence-corrected chi connectivity index (χ0v) is 18.0. The minimum atomic E-state index is -0.449. The van der Waals surface area contributed by atoms with Crippen molar-refractivity contribution in [3.05, 3.63) is 94.5 Å². The topological polar surface area (TPSA) is 88.7 Å². The van der Waals surface area contributed by atoms with Crippen LogP contribution in [0.2, 0.25) is 5.02 Å². The second-order valence-electron chi connectivity index (χ2n) is 8.00. The number of hydrazine groups is 1. The van der Waals surface area contributed by atoms with Gasteiger partial charge in [-0.25, -0.2) is 9.80 Å². The number of anilines is 2. The molecule has 1 aliphatic carbocycles. The molecule has 8 heteroatoms. The van der Waals surface area contributed by atoms with Crippen molar-refractivity contribution in [2.75, 3.05) is 10.3 Å². The summed E-state index contributed by atoms with van der Waals surface area (Å²) in [4.78, 5) is 12.3. The van der Waals surface area contributed by atoms with Crippen molar-refractivity contribution in [2.24, 2.45) is 0 Å². The Morgan fingerprint density at radius 3 is 2.69 bits per heavy atom. The van der Waals surface area contributed by atoms with Gasteiger partial charge in [0.1, 0.15) is 0 Å². The summed E-state index contributed by atoms with van der Waals surface area (Å²) in [6.45, 7) is 0.650. The third-order valence-electron chi connectivity index (χ3n) is 5.79. The van der Waals surface area contributed by atoms with Gasteiger partial charge in [-0.3, -0.25) is 0 Å². The van der Waals surface area contributed by atoms with E-state index in [4.69, 9.17) is 11.6 Å². The molecule has 3 atom stereocenters. The van der Waals surface area contributed by atoms with Crippen molar-refractivity contribution in [3.63, 3.8) is 0 Å². The van der Waals surface area contributed by atoms with Crippen LogP contribution in [-0.4, -0.2) is 23.5 Å². The Kier molecular flexibility index (Phi) is 5.71. The quantitative estimate of drug-likeness (QED) is 0.397. The number of nitrogens with one attached hydrogen (secondary N) is 4. The Balaban J connectivity index is 1.17. The minimum absolute atomic E-state index is 0.0561. The zero-order chi connectivity index (χ0) is 22.1. The second kappa shape index (κ2) is 8.80. The monoisotopic (exact) mass is 449 g/mol. The van der Waals surface area contributed by atoms with Crippen molar-refractivity contribution in [2.45, 2.75) is 31.4 Å². The molecular formula is C24H24ClN5O2. The number of halogens is 1. The van der Waals surface area contributed by atoms with E-state index in [0.29, 0.717) is 23.7 Å². The molecule has 0 radical (unpaired) electrons. The molecule has 164 valence electrons. The minimum Gasteiger partial charge on any atom is -0.391 e. The summed E-state index contributed by atoms with van der Waals surface area (Å²) in [6, 6.07) is 22.9. The van der Waals surface area contributed by atoms with Crippen LogP contribution in [-0.2, 0) is 13.0 Å². The molecule has 2 aliphatic rings. The number of amides is 2. The largest absolute Gasteiger partial charge is 0.391 e. The summed E-state index contributed by atoms with van der Waals surface area (Å²) in [7, 11) is 0. The molecule has 5 N–H and O–H groups in total. The fourth-order valence-electron chi connectivity index (χ4n) is 4.22. The van der Waals surface area contributed by atoms with Crippen LogP contribution < -0.4 is 26.4 Å². The van der Waals surface area contributed by atoms with E-state index < -0.39 is 12.4 Å². The second-order valence-corrected chi connectivity index (χ2v) is 8.43. The predicted octanol–water partition coefficient (Wildman–Crippen LogP) is 3.52. The van der Waals surface area contributed by atoms with Gasteiger partial charge in [-0.15, -0.1) is 0 Å². The van der Waals surface area contributed by atoms with Crippen LogP contribution >= 0.6 is 11.6 Å². The van der Waals surface area contributed by atoms with Gasteiger partial charge < -0.3 is 21.1 Å². The van der Waals surface area contributed by atoms with Crippen LogP contribution in [0.1, 0.15) is 22.7 Å². The highest BCUT2D eigenvalue weighted by Gasteiger charge is 2.30. The number of rotatable bonds is 6. The van der Waals surface area contributed by atoms with E-state index in [1.807, 2.05) is 42.5 Å². The third kappa shape index (κ3) is 4.28. The number of hydrogen-bond acceptors (Lipinski definition) is 5. The fourth-order valence-corrected chi connectivity index (χ4v) is 4.40. The van der Waals surface area contributed by atoms with E-state index in [0.717, 1.165) is 11.3 Å². The normalized spacial score (nSPS) is 22.0. The predicted molar refractivity (Wildman–Crippen MR) is 125 cm³/mol. The van der Waals surface area contributed by atoms with Gasteiger partial charge in [-0.05, 0) is 47.0 Å². The molecule has 1 fully saturated rings. The summed E-state index contributed by atoms with van der Waals surface area (Å²) in [5, 5.41) is 22.0. The lowest BCUT2D eigenvalue weighted by Crippen LogP contribution is -2.42. The lowest BCUT2D eigenvalue weighted by Gasteiger charge is -2.19. The van der Waals surface area contributed by atoms with Crippen LogP contribution in [0.3, 0.4) is 0 Å². The van der Waals surface area contributed by atoms with Crippen LogP contribution in [0, 0.1) is 0 Å². The van der Waals surface area contributed by atoms with Crippen molar-refractivity contribution >= 4 is 29.0 Å². The smallest absolute Gasteiger partial charge is 0.339 e. The van der Waals surface area contributed by atoms with E-state index in [9.17, 15) is 9.90 Å². The van der Waals surface area contributed by atoms with Crippen molar-refractivity contribution < 1.29 is 9.90 Å². The van der Waals surface area contributed by atoms with E-state index in [-0.39, 0.29) is 12.1 Å². The molecular weight excluding hydrogens is 426 g/mol. The molecule has 0 bridgehead atoms. The van der Waals surface area contributed by atoms with Gasteiger partial charge >= 0.3 is 6.03 Å². The first-order valence-electron chi connectivity index (χ1n) is 10.5. The molecule has 0 aromatic heterocycles. The Morgan fingerprint density at radius 2 is 1.88 bits per heavy atom. The van der Waals surface area contributed by atoms with Crippen LogP contribution in [0.5, 0.6) is 0 Å². The molecule has 3 aromatic rings. The maximum absolute atomic E-state index is 12.3. The Bertz CT molecular complexity index is 1120. The highest BCUT2D eigenvalue weighted by molar-refractivity contribution is 6.30. The van der Waals surface area contributed by atoms with Gasteiger partial charge in [0.2, 0.25) is 0 Å².